The summed E-state index contributed by atoms with van der Waals surface area (Å²) in [5.41, 5.74) is 6.35. The van der Waals surface area contributed by atoms with Crippen molar-refractivity contribution in [3.8, 4) is 0 Å². The SMILES string of the molecule is CC(C)(C)c1cc2cc(NC(=O)C3(c4ccc5c(c4)CCC5)CC3)ccc2n1C[C@@H](O)CO.[HH].[HH].[HH]. The molecule has 3 aromatic rings. The first-order valence-corrected chi connectivity index (χ1v) is 12.1. The molecule has 1 saturated carbocycles. The van der Waals surface area contributed by atoms with Crippen LogP contribution in [-0.2, 0) is 35.0 Å². The van der Waals surface area contributed by atoms with Gasteiger partial charge in [-0.2, -0.15) is 0 Å². The fraction of sp³-hybridized carbons (Fsp3) is 0.464. The van der Waals surface area contributed by atoms with E-state index < -0.39 is 11.5 Å². The molecule has 2 aromatic carbocycles. The van der Waals surface area contributed by atoms with Gasteiger partial charge in [0.1, 0.15) is 0 Å². The predicted octanol–water partition coefficient (Wildman–Crippen LogP) is 5.19. The van der Waals surface area contributed by atoms with Crippen LogP contribution in [-0.4, -0.2) is 33.4 Å². The Bertz CT molecular complexity index is 1230. The number of rotatable bonds is 6. The Labute approximate surface area is 199 Å². The van der Waals surface area contributed by atoms with Gasteiger partial charge in [-0.1, -0.05) is 39.0 Å². The van der Waals surface area contributed by atoms with E-state index in [9.17, 15) is 15.0 Å². The smallest absolute Gasteiger partial charge is 0.235 e. The van der Waals surface area contributed by atoms with Crippen LogP contribution in [0.2, 0.25) is 0 Å². The monoisotopic (exact) mass is 452 g/mol. The molecule has 0 bridgehead atoms. The van der Waals surface area contributed by atoms with Crippen molar-refractivity contribution in [2.75, 3.05) is 11.9 Å². The van der Waals surface area contributed by atoms with Crippen LogP contribution in [0.5, 0.6) is 0 Å². The van der Waals surface area contributed by atoms with Gasteiger partial charge in [-0.15, -0.1) is 0 Å². The predicted molar refractivity (Wildman–Crippen MR) is 138 cm³/mol. The number of nitrogens with zero attached hydrogens (tertiary/aromatic N) is 1. The van der Waals surface area contributed by atoms with Crippen LogP contribution in [0.1, 0.15) is 66.7 Å². The first-order chi connectivity index (χ1) is 15.7. The van der Waals surface area contributed by atoms with Crippen molar-refractivity contribution in [3.63, 3.8) is 0 Å². The van der Waals surface area contributed by atoms with Gasteiger partial charge < -0.3 is 20.1 Å². The van der Waals surface area contributed by atoms with Crippen LogP contribution in [0.25, 0.3) is 10.9 Å². The lowest BCUT2D eigenvalue weighted by atomic mass is 9.91. The van der Waals surface area contributed by atoms with Gasteiger partial charge in [-0.25, -0.2) is 0 Å². The highest BCUT2D eigenvalue weighted by Gasteiger charge is 2.51. The van der Waals surface area contributed by atoms with Gasteiger partial charge in [-0.05, 0) is 73.1 Å². The van der Waals surface area contributed by atoms with Crippen LogP contribution in [0, 0.1) is 0 Å². The quantitative estimate of drug-likeness (QED) is 0.482. The summed E-state index contributed by atoms with van der Waals surface area (Å²) in [6.07, 6.45) is 4.45. The van der Waals surface area contributed by atoms with Crippen LogP contribution in [0.3, 0.4) is 0 Å². The van der Waals surface area contributed by atoms with E-state index in [-0.39, 0.29) is 22.2 Å². The standard InChI is InChI=1S/C28H34N2O3.3H2/c1-27(2,3)25-15-20-14-22(9-10-24(20)30(25)16-23(32)17-31)29-26(33)28(11-12-28)21-8-7-18-5-4-6-19(18)13-21;;;/h7-10,13-15,23,31-32H,4-6,11-12,16-17H2,1-3H3,(H,29,33);3*1H/t23-;;;/m1.../s1. The van der Waals surface area contributed by atoms with Crippen LogP contribution in [0.15, 0.2) is 42.5 Å². The minimum atomic E-state index is -0.817. The minimum Gasteiger partial charge on any atom is -0.394 e. The maximum absolute atomic E-state index is 13.4. The lowest BCUT2D eigenvalue weighted by Gasteiger charge is -2.23. The fourth-order valence-electron chi connectivity index (χ4n) is 5.33. The summed E-state index contributed by atoms with van der Waals surface area (Å²) in [7, 11) is 0. The van der Waals surface area contributed by atoms with E-state index in [0.29, 0.717) is 6.54 Å². The lowest BCUT2D eigenvalue weighted by molar-refractivity contribution is -0.118. The molecule has 0 spiro atoms. The first kappa shape index (κ1) is 22.2. The molecule has 1 fully saturated rings. The normalized spacial score (nSPS) is 17.7. The van der Waals surface area contributed by atoms with Crippen molar-refractivity contribution < 1.29 is 19.3 Å². The Balaban J connectivity index is 0.00000152. The number of amides is 1. The Kier molecular flexibility index (Phi) is 5.37. The maximum atomic E-state index is 13.4. The summed E-state index contributed by atoms with van der Waals surface area (Å²) in [5, 5.41) is 23.7. The number of carbonyl (C=O) groups excluding carboxylic acids is 1. The van der Waals surface area contributed by atoms with Gasteiger partial charge in [0, 0.05) is 32.0 Å². The Hall–Kier alpha value is -2.63. The zero-order valence-corrected chi connectivity index (χ0v) is 19.8. The number of aliphatic hydroxyl groups is 2. The number of aryl methyl sites for hydroxylation is 2. The van der Waals surface area contributed by atoms with E-state index >= 15 is 0 Å². The second-order valence-electron chi connectivity index (χ2n) is 10.9. The molecule has 0 radical (unpaired) electrons. The summed E-state index contributed by atoms with van der Waals surface area (Å²) in [6.45, 7) is 6.47. The molecule has 1 aromatic heterocycles. The summed E-state index contributed by atoms with van der Waals surface area (Å²) < 4.78 is 2.08. The number of hydrogen-bond acceptors (Lipinski definition) is 3. The summed E-state index contributed by atoms with van der Waals surface area (Å²) in [6, 6.07) is 14.7. The third-order valence-corrected chi connectivity index (χ3v) is 7.37. The molecule has 5 rings (SSSR count). The molecule has 2 aliphatic carbocycles. The van der Waals surface area contributed by atoms with Crippen molar-refractivity contribution in [1.82, 2.24) is 4.57 Å². The van der Waals surface area contributed by atoms with E-state index in [2.05, 4.69) is 54.9 Å². The zero-order valence-electron chi connectivity index (χ0n) is 19.8. The molecule has 0 unspecified atom stereocenters. The molecule has 180 valence electrons. The largest absolute Gasteiger partial charge is 0.394 e. The number of fused-ring (bicyclic) bond motifs is 2. The van der Waals surface area contributed by atoms with E-state index in [4.69, 9.17) is 0 Å². The number of nitrogens with one attached hydrogen (secondary N) is 1. The fourth-order valence-corrected chi connectivity index (χ4v) is 5.33. The molecule has 0 saturated heterocycles. The zero-order chi connectivity index (χ0) is 23.4. The van der Waals surface area contributed by atoms with E-state index in [1.807, 2.05) is 18.2 Å². The number of aliphatic hydroxyl groups excluding tert-OH is 2. The molecular formula is C28H40N2O3. The second-order valence-corrected chi connectivity index (χ2v) is 10.9. The molecule has 3 N–H and O–H groups in total. The lowest BCUT2D eigenvalue weighted by Crippen LogP contribution is -2.28. The average molecular weight is 453 g/mol. The van der Waals surface area contributed by atoms with Crippen molar-refractivity contribution in [2.24, 2.45) is 0 Å². The highest BCUT2D eigenvalue weighted by atomic mass is 16.3. The Morgan fingerprint density at radius 2 is 1.88 bits per heavy atom. The molecule has 1 atom stereocenters. The molecule has 2 aliphatic rings. The van der Waals surface area contributed by atoms with E-state index in [1.165, 1.54) is 17.5 Å². The van der Waals surface area contributed by atoms with Crippen molar-refractivity contribution in [3.05, 3.63) is 64.8 Å². The van der Waals surface area contributed by atoms with Gasteiger partial charge in [0.15, 0.2) is 0 Å². The van der Waals surface area contributed by atoms with Crippen LogP contribution >= 0.6 is 0 Å². The number of aromatic nitrogens is 1. The summed E-state index contributed by atoms with van der Waals surface area (Å²) in [4.78, 5) is 13.4. The van der Waals surface area contributed by atoms with E-state index in [1.54, 1.807) is 0 Å². The molecular weight excluding hydrogens is 412 g/mol. The summed E-state index contributed by atoms with van der Waals surface area (Å²) >= 11 is 0. The number of anilines is 1. The van der Waals surface area contributed by atoms with Crippen molar-refractivity contribution >= 4 is 22.5 Å². The highest BCUT2D eigenvalue weighted by Crippen LogP contribution is 2.50. The molecule has 1 heterocycles. The third-order valence-electron chi connectivity index (χ3n) is 7.37. The van der Waals surface area contributed by atoms with Gasteiger partial charge in [0.05, 0.1) is 24.7 Å². The van der Waals surface area contributed by atoms with Gasteiger partial charge >= 0.3 is 0 Å². The molecule has 1 amide bonds. The van der Waals surface area contributed by atoms with Crippen molar-refractivity contribution in [1.29, 1.82) is 0 Å². The first-order valence-electron chi connectivity index (χ1n) is 12.1. The average Bonchev–Trinajstić information content (AvgIpc) is 3.32. The highest BCUT2D eigenvalue weighted by molar-refractivity contribution is 6.02. The number of carbonyl (C=O) groups is 1. The third kappa shape index (κ3) is 3.98. The topological polar surface area (TPSA) is 74.5 Å². The summed E-state index contributed by atoms with van der Waals surface area (Å²) in [5.74, 6) is 0.0750. The maximum Gasteiger partial charge on any atom is 0.235 e. The minimum absolute atomic E-state index is 0. The Morgan fingerprint density at radius 3 is 2.58 bits per heavy atom. The van der Waals surface area contributed by atoms with E-state index in [0.717, 1.165) is 53.5 Å². The van der Waals surface area contributed by atoms with Gasteiger partial charge in [0.25, 0.3) is 0 Å². The number of benzene rings is 2. The number of hydrogen-bond donors (Lipinski definition) is 3. The van der Waals surface area contributed by atoms with Gasteiger partial charge in [-0.3, -0.25) is 4.79 Å². The molecule has 33 heavy (non-hydrogen) atoms. The Morgan fingerprint density at radius 1 is 1.12 bits per heavy atom. The molecule has 5 heteroatoms. The molecule has 5 nitrogen and oxygen atoms in total. The second kappa shape index (κ2) is 8.00. The van der Waals surface area contributed by atoms with Crippen LogP contribution in [0.4, 0.5) is 5.69 Å². The van der Waals surface area contributed by atoms with Crippen LogP contribution < -0.4 is 5.32 Å². The van der Waals surface area contributed by atoms with Gasteiger partial charge in [0.2, 0.25) is 5.91 Å². The molecule has 0 aliphatic heterocycles. The van der Waals surface area contributed by atoms with Crippen molar-refractivity contribution in [2.45, 2.75) is 76.4 Å².